The molecule has 12 heavy (non-hydrogen) atoms. The molecule has 2 rings (SSSR count). The molecule has 2 aliphatic rings. The van der Waals surface area contributed by atoms with Crippen LogP contribution < -0.4 is 5.73 Å². The second kappa shape index (κ2) is 2.68. The van der Waals surface area contributed by atoms with E-state index in [0.717, 1.165) is 13.0 Å². The molecule has 2 N–H and O–H groups in total. The van der Waals surface area contributed by atoms with E-state index >= 15 is 0 Å². The van der Waals surface area contributed by atoms with Gasteiger partial charge in [-0.1, -0.05) is 0 Å². The highest BCUT2D eigenvalue weighted by atomic mass is 32.2. The average Bonchev–Trinajstić information content (AvgIpc) is 2.40. The number of nitrogens with two attached hydrogens (primary N) is 1. The van der Waals surface area contributed by atoms with Crippen molar-refractivity contribution in [3.63, 3.8) is 0 Å². The minimum Gasteiger partial charge on any atom is -0.330 e. The van der Waals surface area contributed by atoms with Crippen molar-refractivity contribution in [2.75, 3.05) is 24.7 Å². The highest BCUT2D eigenvalue weighted by Gasteiger charge is 2.41. The van der Waals surface area contributed by atoms with Crippen molar-refractivity contribution in [3.05, 3.63) is 0 Å². The molecule has 0 aromatic heterocycles. The fraction of sp³-hybridized carbons (Fsp3) is 1.00. The summed E-state index contributed by atoms with van der Waals surface area (Å²) in [6, 6.07) is 0.267. The Hall–Kier alpha value is -0.130. The predicted octanol–water partition coefficient (Wildman–Crippen LogP) is -0.978. The van der Waals surface area contributed by atoms with Crippen molar-refractivity contribution in [2.24, 2.45) is 11.7 Å². The zero-order valence-corrected chi connectivity index (χ0v) is 7.76. The summed E-state index contributed by atoms with van der Waals surface area (Å²) in [6.45, 7) is 1.56. The molecule has 2 fully saturated rings. The molecule has 0 spiro atoms. The summed E-state index contributed by atoms with van der Waals surface area (Å²) in [5, 5.41) is 0. The van der Waals surface area contributed by atoms with Crippen LogP contribution >= 0.6 is 0 Å². The second-order valence-corrected chi connectivity index (χ2v) is 5.88. The summed E-state index contributed by atoms with van der Waals surface area (Å²) in [5.74, 6) is 1.13. The fourth-order valence-corrected chi connectivity index (χ4v) is 4.05. The molecule has 70 valence electrons. The predicted molar refractivity (Wildman–Crippen MR) is 46.3 cm³/mol. The van der Waals surface area contributed by atoms with Crippen LogP contribution in [0.1, 0.15) is 6.42 Å². The Bertz CT molecular complexity index is 255. The Labute approximate surface area is 72.6 Å². The van der Waals surface area contributed by atoms with Crippen LogP contribution in [0.25, 0.3) is 0 Å². The Balaban J connectivity index is 2.07. The van der Waals surface area contributed by atoms with Crippen molar-refractivity contribution in [2.45, 2.75) is 12.5 Å². The van der Waals surface area contributed by atoms with Gasteiger partial charge in [0, 0.05) is 12.6 Å². The lowest BCUT2D eigenvalue weighted by Gasteiger charge is -2.10. The average molecular weight is 190 g/mol. The van der Waals surface area contributed by atoms with E-state index in [1.807, 2.05) is 4.90 Å². The Morgan fingerprint density at radius 2 is 2.25 bits per heavy atom. The number of rotatable bonds is 1. The molecule has 0 aromatic carbocycles. The Kier molecular flexibility index (Phi) is 1.89. The monoisotopic (exact) mass is 190 g/mol. The molecular weight excluding hydrogens is 176 g/mol. The van der Waals surface area contributed by atoms with Crippen LogP contribution in [-0.4, -0.2) is 44.1 Å². The van der Waals surface area contributed by atoms with Crippen LogP contribution in [0.3, 0.4) is 0 Å². The number of sulfone groups is 1. The van der Waals surface area contributed by atoms with E-state index in [-0.39, 0.29) is 11.9 Å². The van der Waals surface area contributed by atoms with E-state index < -0.39 is 9.84 Å². The third kappa shape index (κ3) is 1.36. The molecule has 2 atom stereocenters. The first-order valence-corrected chi connectivity index (χ1v) is 6.07. The molecule has 0 bridgehead atoms. The number of hydrogen-bond donors (Lipinski definition) is 1. The first-order chi connectivity index (χ1) is 5.61. The zero-order chi connectivity index (χ0) is 8.77. The van der Waals surface area contributed by atoms with E-state index in [1.165, 1.54) is 0 Å². The van der Waals surface area contributed by atoms with Crippen molar-refractivity contribution in [3.8, 4) is 0 Å². The van der Waals surface area contributed by atoms with Gasteiger partial charge in [0.15, 0.2) is 9.84 Å². The largest absolute Gasteiger partial charge is 0.330 e. The van der Waals surface area contributed by atoms with E-state index in [1.54, 1.807) is 0 Å². The van der Waals surface area contributed by atoms with Crippen LogP contribution in [0.5, 0.6) is 0 Å². The minimum absolute atomic E-state index is 0.258. The smallest absolute Gasteiger partial charge is 0.164 e. The topological polar surface area (TPSA) is 63.4 Å². The van der Waals surface area contributed by atoms with Crippen LogP contribution in [-0.2, 0) is 9.84 Å². The number of nitrogens with zero attached hydrogens (tertiary/aromatic N) is 1. The van der Waals surface area contributed by atoms with Crippen LogP contribution in [0, 0.1) is 5.92 Å². The molecule has 0 saturated carbocycles. The molecule has 2 aliphatic heterocycles. The highest BCUT2D eigenvalue weighted by molar-refractivity contribution is 7.91. The molecule has 0 amide bonds. The van der Waals surface area contributed by atoms with Gasteiger partial charge >= 0.3 is 0 Å². The van der Waals surface area contributed by atoms with Crippen molar-refractivity contribution >= 4 is 9.84 Å². The fourth-order valence-electron chi connectivity index (χ4n) is 2.19. The molecule has 2 heterocycles. The van der Waals surface area contributed by atoms with Crippen molar-refractivity contribution in [1.29, 1.82) is 0 Å². The maximum absolute atomic E-state index is 11.2. The third-order valence-electron chi connectivity index (χ3n) is 2.76. The van der Waals surface area contributed by atoms with Crippen LogP contribution in [0.15, 0.2) is 0 Å². The van der Waals surface area contributed by atoms with Gasteiger partial charge in [-0.3, -0.25) is 4.90 Å². The van der Waals surface area contributed by atoms with Gasteiger partial charge in [-0.15, -0.1) is 0 Å². The summed E-state index contributed by atoms with van der Waals surface area (Å²) in [5.41, 5.74) is 5.53. The first-order valence-electron chi connectivity index (χ1n) is 4.25. The summed E-state index contributed by atoms with van der Waals surface area (Å²) < 4.78 is 22.3. The quantitative estimate of drug-likeness (QED) is 0.577. The summed E-state index contributed by atoms with van der Waals surface area (Å²) in [6.07, 6.45) is 0.968. The standard InChI is InChI=1S/C7H14N2O2S/c8-2-6-1-7-4-12(10,11)5-9(7)3-6/h6-7H,1-5,8H2/t6-,7-/m0/s1. The highest BCUT2D eigenvalue weighted by Crippen LogP contribution is 2.29. The summed E-state index contributed by atoms with van der Waals surface area (Å²) >= 11 is 0. The lowest BCUT2D eigenvalue weighted by Crippen LogP contribution is -2.25. The van der Waals surface area contributed by atoms with Gasteiger partial charge in [0.1, 0.15) is 5.88 Å². The van der Waals surface area contributed by atoms with E-state index in [2.05, 4.69) is 0 Å². The molecule has 0 aromatic rings. The van der Waals surface area contributed by atoms with Gasteiger partial charge in [0.25, 0.3) is 0 Å². The molecule has 5 heteroatoms. The van der Waals surface area contributed by atoms with E-state index in [4.69, 9.17) is 5.73 Å². The van der Waals surface area contributed by atoms with Crippen LogP contribution in [0.2, 0.25) is 0 Å². The summed E-state index contributed by atoms with van der Waals surface area (Å²) in [7, 11) is -2.75. The second-order valence-electron chi connectivity index (χ2n) is 3.80. The zero-order valence-electron chi connectivity index (χ0n) is 6.94. The van der Waals surface area contributed by atoms with E-state index in [0.29, 0.717) is 18.2 Å². The van der Waals surface area contributed by atoms with Crippen molar-refractivity contribution < 1.29 is 8.42 Å². The lowest BCUT2D eigenvalue weighted by molar-refractivity contribution is 0.331. The SMILES string of the molecule is NC[C@@H]1C[C@H]2CS(=O)(=O)CN2C1. The first kappa shape index (κ1) is 8.47. The number of fused-ring (bicyclic) bond motifs is 1. The van der Waals surface area contributed by atoms with Gasteiger partial charge in [0.05, 0.1) is 5.75 Å². The molecule has 4 nitrogen and oxygen atoms in total. The maximum atomic E-state index is 11.2. The summed E-state index contributed by atoms with van der Waals surface area (Å²) in [4.78, 5) is 2.05. The lowest BCUT2D eigenvalue weighted by atomic mass is 10.1. The molecule has 0 radical (unpaired) electrons. The Morgan fingerprint density at radius 1 is 1.50 bits per heavy atom. The van der Waals surface area contributed by atoms with E-state index in [9.17, 15) is 8.42 Å². The number of hydrogen-bond acceptors (Lipinski definition) is 4. The molecular formula is C7H14N2O2S. The van der Waals surface area contributed by atoms with Gasteiger partial charge in [-0.25, -0.2) is 8.42 Å². The maximum Gasteiger partial charge on any atom is 0.164 e. The normalized spacial score (nSPS) is 40.1. The minimum atomic E-state index is -2.75. The molecule has 2 saturated heterocycles. The Morgan fingerprint density at radius 3 is 2.83 bits per heavy atom. The third-order valence-corrected chi connectivity index (χ3v) is 4.37. The van der Waals surface area contributed by atoms with Gasteiger partial charge in [-0.2, -0.15) is 0 Å². The molecule has 0 aliphatic carbocycles. The van der Waals surface area contributed by atoms with Gasteiger partial charge in [0.2, 0.25) is 0 Å². The van der Waals surface area contributed by atoms with Crippen molar-refractivity contribution in [1.82, 2.24) is 4.90 Å². The van der Waals surface area contributed by atoms with Gasteiger partial charge in [-0.05, 0) is 18.9 Å². The van der Waals surface area contributed by atoms with Gasteiger partial charge < -0.3 is 5.73 Å². The van der Waals surface area contributed by atoms with Crippen LogP contribution in [0.4, 0.5) is 0 Å². The molecule has 0 unspecified atom stereocenters.